The van der Waals surface area contributed by atoms with E-state index in [2.05, 4.69) is 34.3 Å². The third-order valence-electron chi connectivity index (χ3n) is 6.69. The fraction of sp³-hybridized carbons (Fsp3) is 0.400. The Morgan fingerprint density at radius 1 is 1.19 bits per heavy atom. The lowest BCUT2D eigenvalue weighted by atomic mass is 9.69. The number of aromatic nitrogens is 1. The van der Waals surface area contributed by atoms with Gasteiger partial charge in [-0.15, -0.1) is 0 Å². The maximum Gasteiger partial charge on any atom is 0.302 e. The molecule has 0 amide bonds. The molecule has 1 aromatic carbocycles. The number of aliphatic imine (C=N–C) groups is 1. The number of carbonyl (C=O) groups excluding carboxylic acids is 1. The van der Waals surface area contributed by atoms with E-state index in [0.717, 1.165) is 43.4 Å². The van der Waals surface area contributed by atoms with Crippen LogP contribution in [0.2, 0.25) is 0 Å². The van der Waals surface area contributed by atoms with Crippen LogP contribution in [-0.2, 0) is 4.79 Å². The number of nitrogens with one attached hydrogen (secondary N) is 2. The molecule has 1 saturated carbocycles. The van der Waals surface area contributed by atoms with Crippen LogP contribution < -0.4 is 21.4 Å². The SMILES string of the molecule is C=c1nc(NC2=NC3(CCCCC3)C3=C(CC(c4ccccc4)CC3=O)N2)o/c1=C/C. The fourth-order valence-corrected chi connectivity index (χ4v) is 5.27. The number of benzene rings is 1. The Morgan fingerprint density at radius 2 is 1.97 bits per heavy atom. The Kier molecular flexibility index (Phi) is 5.00. The zero-order valence-corrected chi connectivity index (χ0v) is 17.9. The van der Waals surface area contributed by atoms with Crippen LogP contribution in [0.5, 0.6) is 0 Å². The van der Waals surface area contributed by atoms with Crippen LogP contribution >= 0.6 is 0 Å². The van der Waals surface area contributed by atoms with Crippen molar-refractivity contribution in [2.45, 2.75) is 63.3 Å². The highest BCUT2D eigenvalue weighted by Crippen LogP contribution is 2.46. The first-order valence-corrected chi connectivity index (χ1v) is 11.2. The Bertz CT molecular complexity index is 1170. The van der Waals surface area contributed by atoms with Gasteiger partial charge in [0.15, 0.2) is 11.2 Å². The van der Waals surface area contributed by atoms with Crippen molar-refractivity contribution < 1.29 is 9.21 Å². The van der Waals surface area contributed by atoms with Gasteiger partial charge in [0.25, 0.3) is 0 Å². The summed E-state index contributed by atoms with van der Waals surface area (Å²) in [5, 5.41) is 7.21. The smallest absolute Gasteiger partial charge is 0.302 e. The number of oxazole rings is 1. The molecule has 31 heavy (non-hydrogen) atoms. The van der Waals surface area contributed by atoms with Gasteiger partial charge in [0.05, 0.1) is 5.54 Å². The van der Waals surface area contributed by atoms with Gasteiger partial charge >= 0.3 is 6.01 Å². The highest BCUT2D eigenvalue weighted by atomic mass is 16.4. The molecule has 1 fully saturated rings. The van der Waals surface area contributed by atoms with E-state index in [0.29, 0.717) is 29.2 Å². The van der Waals surface area contributed by atoms with Gasteiger partial charge in [-0.25, -0.2) is 4.99 Å². The van der Waals surface area contributed by atoms with E-state index in [4.69, 9.17) is 9.41 Å². The second-order valence-electron chi connectivity index (χ2n) is 8.71. The number of carbonyl (C=O) groups is 1. The molecule has 2 N–H and O–H groups in total. The van der Waals surface area contributed by atoms with Gasteiger partial charge in [0.1, 0.15) is 5.35 Å². The molecule has 0 saturated heterocycles. The summed E-state index contributed by atoms with van der Waals surface area (Å²) in [6, 6.07) is 10.7. The average molecular weight is 417 g/mol. The van der Waals surface area contributed by atoms with Crippen molar-refractivity contribution in [1.82, 2.24) is 10.3 Å². The van der Waals surface area contributed by atoms with Gasteiger partial charge < -0.3 is 9.73 Å². The maximum atomic E-state index is 13.4. The third-order valence-corrected chi connectivity index (χ3v) is 6.69. The molecule has 1 unspecified atom stereocenters. The second kappa shape index (κ2) is 7.84. The molecule has 1 atom stereocenters. The monoisotopic (exact) mass is 416 g/mol. The van der Waals surface area contributed by atoms with Gasteiger partial charge in [-0.1, -0.05) is 56.2 Å². The van der Waals surface area contributed by atoms with Crippen LogP contribution in [0.15, 0.2) is 51.0 Å². The minimum absolute atomic E-state index is 0.175. The number of guanidine groups is 1. The third kappa shape index (κ3) is 3.60. The Labute approximate surface area is 181 Å². The molecule has 0 radical (unpaired) electrons. The lowest BCUT2D eigenvalue weighted by molar-refractivity contribution is -0.117. The van der Waals surface area contributed by atoms with Crippen molar-refractivity contribution in [2.75, 3.05) is 5.32 Å². The number of hydrogen-bond acceptors (Lipinski definition) is 6. The van der Waals surface area contributed by atoms with E-state index in [9.17, 15) is 4.79 Å². The van der Waals surface area contributed by atoms with Crippen molar-refractivity contribution in [2.24, 2.45) is 4.99 Å². The molecule has 3 aliphatic rings. The lowest BCUT2D eigenvalue weighted by Crippen LogP contribution is -2.49. The second-order valence-corrected chi connectivity index (χ2v) is 8.71. The first-order chi connectivity index (χ1) is 15.1. The summed E-state index contributed by atoms with van der Waals surface area (Å²) in [5.41, 5.74) is 3.30. The summed E-state index contributed by atoms with van der Waals surface area (Å²) < 4.78 is 5.75. The zero-order chi connectivity index (χ0) is 21.4. The molecular formula is C25H28N4O2. The van der Waals surface area contributed by atoms with Crippen molar-refractivity contribution in [3.05, 3.63) is 57.9 Å². The van der Waals surface area contributed by atoms with Gasteiger partial charge in [0, 0.05) is 17.7 Å². The molecule has 2 heterocycles. The van der Waals surface area contributed by atoms with Gasteiger partial charge in [-0.3, -0.25) is 10.1 Å². The summed E-state index contributed by atoms with van der Waals surface area (Å²) >= 11 is 0. The van der Waals surface area contributed by atoms with E-state index in [1.165, 1.54) is 12.0 Å². The van der Waals surface area contributed by atoms with Crippen LogP contribution in [0.25, 0.3) is 12.7 Å². The fourth-order valence-electron chi connectivity index (χ4n) is 5.27. The van der Waals surface area contributed by atoms with Crippen molar-refractivity contribution in [1.29, 1.82) is 0 Å². The van der Waals surface area contributed by atoms with Gasteiger partial charge in [-0.2, -0.15) is 4.98 Å². The summed E-state index contributed by atoms with van der Waals surface area (Å²) in [4.78, 5) is 22.8. The van der Waals surface area contributed by atoms with Gasteiger partial charge in [-0.05, 0) is 43.7 Å². The maximum absolute atomic E-state index is 13.4. The number of Topliss-reactive ketones (excluding diaryl/α,β-unsaturated/α-hetero) is 1. The van der Waals surface area contributed by atoms with E-state index >= 15 is 0 Å². The number of rotatable bonds is 2. The van der Waals surface area contributed by atoms with Crippen LogP contribution in [0.1, 0.15) is 63.4 Å². The molecule has 5 rings (SSSR count). The summed E-state index contributed by atoms with van der Waals surface area (Å²) in [5.74, 6) is 1.01. The molecule has 2 aromatic rings. The first kappa shape index (κ1) is 19.8. The average Bonchev–Trinajstić information content (AvgIpc) is 3.13. The molecule has 2 aliphatic carbocycles. The Morgan fingerprint density at radius 3 is 2.68 bits per heavy atom. The van der Waals surface area contributed by atoms with Crippen molar-refractivity contribution >= 4 is 30.4 Å². The molecule has 6 heteroatoms. The number of hydrogen-bond donors (Lipinski definition) is 2. The zero-order valence-electron chi connectivity index (χ0n) is 17.9. The minimum atomic E-state index is -0.445. The van der Waals surface area contributed by atoms with Crippen LogP contribution in [0.3, 0.4) is 0 Å². The van der Waals surface area contributed by atoms with Crippen LogP contribution in [0.4, 0.5) is 6.01 Å². The molecule has 6 nitrogen and oxygen atoms in total. The summed E-state index contributed by atoms with van der Waals surface area (Å²) in [7, 11) is 0. The van der Waals surface area contributed by atoms with Crippen LogP contribution in [-0.4, -0.2) is 22.3 Å². The predicted octanol–water partition coefficient (Wildman–Crippen LogP) is 3.36. The molecule has 0 bridgehead atoms. The number of allylic oxidation sites excluding steroid dienone is 1. The number of nitrogens with zero attached hydrogens (tertiary/aromatic N) is 2. The van der Waals surface area contributed by atoms with E-state index in [1.54, 1.807) is 0 Å². The molecule has 1 aliphatic heterocycles. The molecule has 1 aromatic heterocycles. The van der Waals surface area contributed by atoms with E-state index < -0.39 is 5.54 Å². The highest BCUT2D eigenvalue weighted by Gasteiger charge is 2.46. The van der Waals surface area contributed by atoms with Crippen molar-refractivity contribution in [3.8, 4) is 0 Å². The summed E-state index contributed by atoms with van der Waals surface area (Å²) in [6.07, 6.45) is 8.35. The molecule has 160 valence electrons. The minimum Gasteiger partial charge on any atom is -0.424 e. The Balaban J connectivity index is 1.51. The first-order valence-electron chi connectivity index (χ1n) is 11.2. The number of ketones is 1. The summed E-state index contributed by atoms with van der Waals surface area (Å²) in [6.45, 7) is 5.81. The van der Waals surface area contributed by atoms with Crippen molar-refractivity contribution in [3.63, 3.8) is 0 Å². The highest BCUT2D eigenvalue weighted by molar-refractivity contribution is 6.04. The Hall–Kier alpha value is -3.15. The predicted molar refractivity (Wildman–Crippen MR) is 122 cm³/mol. The topological polar surface area (TPSA) is 79.5 Å². The quantitative estimate of drug-likeness (QED) is 0.785. The van der Waals surface area contributed by atoms with Gasteiger partial charge in [0.2, 0.25) is 5.96 Å². The largest absolute Gasteiger partial charge is 0.424 e. The molecular weight excluding hydrogens is 388 g/mol. The standard InChI is InChI=1S/C25H28N4O2/c1-3-21-16(2)26-24(31-21)28-23-27-19-14-18(17-10-6-4-7-11-17)15-20(30)22(19)25(29-23)12-8-5-9-13-25/h3-4,6-7,10-11,18H,2,5,8-9,12-15H2,1H3,(H2,26,27,28,29)/b21-3+. The number of anilines is 1. The molecule has 1 spiro atoms. The van der Waals surface area contributed by atoms with Crippen LogP contribution in [0, 0.1) is 0 Å². The number of fused-ring (bicyclic) bond motifs is 1. The van der Waals surface area contributed by atoms with E-state index in [-0.39, 0.29) is 11.7 Å². The van der Waals surface area contributed by atoms with E-state index in [1.807, 2.05) is 31.2 Å². The normalized spacial score (nSPS) is 23.4. The lowest BCUT2D eigenvalue weighted by Gasteiger charge is -2.43.